The van der Waals surface area contributed by atoms with Gasteiger partial charge in [0.15, 0.2) is 0 Å². The summed E-state index contributed by atoms with van der Waals surface area (Å²) in [6, 6.07) is 5.80. The highest BCUT2D eigenvalue weighted by Crippen LogP contribution is 2.32. The van der Waals surface area contributed by atoms with Gasteiger partial charge >= 0.3 is 0 Å². The summed E-state index contributed by atoms with van der Waals surface area (Å²) in [6.07, 6.45) is 0. The smallest absolute Gasteiger partial charge is 0.253 e. The van der Waals surface area contributed by atoms with Gasteiger partial charge < -0.3 is 16.4 Å². The first-order chi connectivity index (χ1) is 12.6. The van der Waals surface area contributed by atoms with Gasteiger partial charge in [0, 0.05) is 4.88 Å². The second-order valence-corrected chi connectivity index (χ2v) is 8.15. The van der Waals surface area contributed by atoms with Crippen LogP contribution in [0.2, 0.25) is 5.02 Å². The number of anilines is 1. The number of carbonyl (C=O) groups excluding carboxylic acids is 3. The second-order valence-electron chi connectivity index (χ2n) is 6.52. The summed E-state index contributed by atoms with van der Waals surface area (Å²) in [7, 11) is 0. The largest absolute Gasteiger partial charge is 0.365 e. The van der Waals surface area contributed by atoms with Crippen molar-refractivity contribution in [2.24, 2.45) is 11.7 Å². The molecule has 144 valence electrons. The molecule has 0 aliphatic carbocycles. The molecule has 3 amide bonds. The molecule has 0 saturated heterocycles. The number of primary amides is 1. The lowest BCUT2D eigenvalue weighted by Crippen LogP contribution is -2.47. The Hall–Kier alpha value is -2.38. The molecule has 27 heavy (non-hydrogen) atoms. The predicted molar refractivity (Wildman–Crippen MR) is 108 cm³/mol. The zero-order valence-electron chi connectivity index (χ0n) is 15.6. The second kappa shape index (κ2) is 8.54. The molecule has 0 aliphatic heterocycles. The molecule has 0 aliphatic rings. The van der Waals surface area contributed by atoms with Crippen LogP contribution in [0.15, 0.2) is 24.3 Å². The van der Waals surface area contributed by atoms with Crippen LogP contribution in [-0.2, 0) is 4.79 Å². The summed E-state index contributed by atoms with van der Waals surface area (Å²) in [5.74, 6) is -1.65. The maximum absolute atomic E-state index is 12.8. The van der Waals surface area contributed by atoms with Gasteiger partial charge in [-0.3, -0.25) is 14.4 Å². The molecule has 1 aromatic carbocycles. The van der Waals surface area contributed by atoms with E-state index in [2.05, 4.69) is 10.6 Å². The summed E-state index contributed by atoms with van der Waals surface area (Å²) in [5, 5.41) is 6.15. The number of benzene rings is 1. The number of halogens is 1. The number of carbonyl (C=O) groups is 3. The van der Waals surface area contributed by atoms with E-state index in [-0.39, 0.29) is 5.92 Å². The number of rotatable bonds is 6. The Balaban J connectivity index is 2.24. The van der Waals surface area contributed by atoms with Gasteiger partial charge in [0.1, 0.15) is 11.0 Å². The van der Waals surface area contributed by atoms with E-state index in [1.807, 2.05) is 20.8 Å². The third kappa shape index (κ3) is 4.67. The fourth-order valence-electron chi connectivity index (χ4n) is 2.60. The number of nitrogens with one attached hydrogen (secondary N) is 2. The third-order valence-electron chi connectivity index (χ3n) is 4.22. The third-order valence-corrected chi connectivity index (χ3v) is 5.67. The fourth-order valence-corrected chi connectivity index (χ4v) is 3.89. The van der Waals surface area contributed by atoms with E-state index >= 15 is 0 Å². The molecule has 0 spiro atoms. The van der Waals surface area contributed by atoms with Gasteiger partial charge in [-0.25, -0.2) is 0 Å². The molecule has 2 aromatic rings. The van der Waals surface area contributed by atoms with E-state index in [1.165, 1.54) is 11.3 Å². The van der Waals surface area contributed by atoms with E-state index in [9.17, 15) is 14.4 Å². The van der Waals surface area contributed by atoms with Gasteiger partial charge in [-0.05, 0) is 37.5 Å². The lowest BCUT2D eigenvalue weighted by molar-refractivity contribution is -0.118. The first-order valence-electron chi connectivity index (χ1n) is 8.39. The molecule has 1 heterocycles. The van der Waals surface area contributed by atoms with E-state index in [0.717, 1.165) is 10.4 Å². The summed E-state index contributed by atoms with van der Waals surface area (Å²) in [5.41, 5.74) is 6.77. The number of nitrogens with two attached hydrogens (primary N) is 1. The number of thiophene rings is 1. The Morgan fingerprint density at radius 1 is 1.15 bits per heavy atom. The molecule has 1 aromatic heterocycles. The van der Waals surface area contributed by atoms with Gasteiger partial charge in [0.2, 0.25) is 5.91 Å². The minimum absolute atomic E-state index is 0.185. The Labute approximate surface area is 167 Å². The van der Waals surface area contributed by atoms with Crippen LogP contribution < -0.4 is 16.4 Å². The van der Waals surface area contributed by atoms with E-state index in [0.29, 0.717) is 21.2 Å². The normalized spacial score (nSPS) is 11.9. The Morgan fingerprint density at radius 2 is 1.78 bits per heavy atom. The summed E-state index contributed by atoms with van der Waals surface area (Å²) < 4.78 is 0. The van der Waals surface area contributed by atoms with Crippen molar-refractivity contribution in [1.29, 1.82) is 0 Å². The van der Waals surface area contributed by atoms with Crippen molar-refractivity contribution in [2.75, 3.05) is 5.32 Å². The maximum atomic E-state index is 12.8. The van der Waals surface area contributed by atoms with Gasteiger partial charge in [-0.15, -0.1) is 11.3 Å². The zero-order chi connectivity index (χ0) is 20.3. The molecule has 0 fully saturated rings. The Kier molecular flexibility index (Phi) is 6.62. The molecular formula is C19H22ClN3O3S. The number of hydrogen-bond donors (Lipinski definition) is 3. The summed E-state index contributed by atoms with van der Waals surface area (Å²) >= 11 is 7.33. The van der Waals surface area contributed by atoms with Crippen LogP contribution in [0.5, 0.6) is 0 Å². The monoisotopic (exact) mass is 407 g/mol. The predicted octanol–water partition coefficient (Wildman–Crippen LogP) is 3.51. The fraction of sp³-hybridized carbons (Fsp3) is 0.316. The molecule has 6 nitrogen and oxygen atoms in total. The summed E-state index contributed by atoms with van der Waals surface area (Å²) in [6.45, 7) is 7.26. The van der Waals surface area contributed by atoms with Gasteiger partial charge in [0.05, 0.1) is 16.1 Å². The lowest BCUT2D eigenvalue weighted by Gasteiger charge is -2.22. The van der Waals surface area contributed by atoms with E-state index < -0.39 is 23.8 Å². The van der Waals surface area contributed by atoms with E-state index in [1.54, 1.807) is 31.2 Å². The van der Waals surface area contributed by atoms with Crippen molar-refractivity contribution < 1.29 is 14.4 Å². The quantitative estimate of drug-likeness (QED) is 0.682. The first kappa shape index (κ1) is 20.9. The van der Waals surface area contributed by atoms with Crippen LogP contribution in [0, 0.1) is 19.8 Å². The standard InChI is InChI=1S/C19H22ClN3O3S/c1-9(2)15(22-17(25)12-7-5-6-8-13(12)20)18(26)23-19-14(16(21)24)10(3)11(4)27-19/h5-9,15H,1-4H3,(H2,21,24)(H,22,25)(H,23,26). The lowest BCUT2D eigenvalue weighted by atomic mass is 10.0. The van der Waals surface area contributed by atoms with Crippen molar-refractivity contribution in [3.8, 4) is 0 Å². The highest BCUT2D eigenvalue weighted by Gasteiger charge is 2.27. The van der Waals surface area contributed by atoms with Crippen LogP contribution in [0.3, 0.4) is 0 Å². The van der Waals surface area contributed by atoms with Gasteiger partial charge in [0.25, 0.3) is 11.8 Å². The minimum atomic E-state index is -0.808. The average molecular weight is 408 g/mol. The number of hydrogen-bond acceptors (Lipinski definition) is 4. The molecule has 8 heteroatoms. The molecule has 2 rings (SSSR count). The van der Waals surface area contributed by atoms with Crippen molar-refractivity contribution in [3.63, 3.8) is 0 Å². The van der Waals surface area contributed by atoms with Crippen LogP contribution in [0.1, 0.15) is 45.0 Å². The Morgan fingerprint density at radius 3 is 2.33 bits per heavy atom. The zero-order valence-corrected chi connectivity index (χ0v) is 17.1. The van der Waals surface area contributed by atoms with Crippen LogP contribution in [0.25, 0.3) is 0 Å². The first-order valence-corrected chi connectivity index (χ1v) is 9.59. The van der Waals surface area contributed by atoms with E-state index in [4.69, 9.17) is 17.3 Å². The van der Waals surface area contributed by atoms with Crippen molar-refractivity contribution in [2.45, 2.75) is 33.7 Å². The maximum Gasteiger partial charge on any atom is 0.253 e. The van der Waals surface area contributed by atoms with Crippen molar-refractivity contribution in [1.82, 2.24) is 5.32 Å². The van der Waals surface area contributed by atoms with Crippen molar-refractivity contribution in [3.05, 3.63) is 50.9 Å². The molecule has 0 radical (unpaired) electrons. The molecule has 0 saturated carbocycles. The topological polar surface area (TPSA) is 101 Å². The average Bonchev–Trinajstić information content (AvgIpc) is 2.86. The highest BCUT2D eigenvalue weighted by atomic mass is 35.5. The summed E-state index contributed by atoms with van der Waals surface area (Å²) in [4.78, 5) is 37.9. The van der Waals surface area contributed by atoms with Crippen LogP contribution in [-0.4, -0.2) is 23.8 Å². The molecular weight excluding hydrogens is 386 g/mol. The molecule has 1 unspecified atom stereocenters. The molecule has 4 N–H and O–H groups in total. The van der Waals surface area contributed by atoms with Crippen molar-refractivity contribution >= 4 is 45.7 Å². The number of aryl methyl sites for hydroxylation is 1. The highest BCUT2D eigenvalue weighted by molar-refractivity contribution is 7.16. The van der Waals surface area contributed by atoms with Gasteiger partial charge in [-0.1, -0.05) is 37.6 Å². The van der Waals surface area contributed by atoms with Crippen LogP contribution >= 0.6 is 22.9 Å². The minimum Gasteiger partial charge on any atom is -0.365 e. The molecule has 0 bridgehead atoms. The SMILES string of the molecule is Cc1sc(NC(=O)C(NC(=O)c2ccccc2Cl)C(C)C)c(C(N)=O)c1C. The Bertz CT molecular complexity index is 892. The molecule has 1 atom stereocenters. The van der Waals surface area contributed by atoms with Crippen LogP contribution in [0.4, 0.5) is 5.00 Å². The van der Waals surface area contributed by atoms with Gasteiger partial charge in [-0.2, -0.15) is 0 Å². The number of amides is 3.